The van der Waals surface area contributed by atoms with Crippen LogP contribution in [0.3, 0.4) is 0 Å². The standard InChI is InChI=1S/C18H27N7O/c1-11(2)15(24-19)8-13(5)22-17-6-7-20-18(23-17)21-10-14-9-16(12(3)4)25-26-14/h6-9,11-12,24H,5,10,19H2,1-4H3,(H2,20,21,22,23)/b15-8-. The third kappa shape index (κ3) is 5.59. The molecule has 5 N–H and O–H groups in total. The number of nitrogens with two attached hydrogens (primary N) is 1. The predicted octanol–water partition coefficient (Wildman–Crippen LogP) is 3.13. The van der Waals surface area contributed by atoms with E-state index in [-0.39, 0.29) is 5.92 Å². The summed E-state index contributed by atoms with van der Waals surface area (Å²) in [6.07, 6.45) is 3.51. The Bertz CT molecular complexity index is 764. The minimum Gasteiger partial charge on any atom is -0.359 e. The quantitative estimate of drug-likeness (QED) is 0.307. The molecule has 8 heteroatoms. The van der Waals surface area contributed by atoms with Crippen molar-refractivity contribution in [2.75, 3.05) is 10.6 Å². The van der Waals surface area contributed by atoms with Crippen LogP contribution < -0.4 is 21.9 Å². The molecule has 0 radical (unpaired) electrons. The number of nitrogens with one attached hydrogen (secondary N) is 3. The lowest BCUT2D eigenvalue weighted by molar-refractivity contribution is 0.379. The highest BCUT2D eigenvalue weighted by Crippen LogP contribution is 2.16. The van der Waals surface area contributed by atoms with Crippen LogP contribution in [0.1, 0.15) is 45.1 Å². The molecule has 0 spiro atoms. The fraction of sp³-hybridized carbons (Fsp3) is 0.389. The normalized spacial score (nSPS) is 11.7. The number of rotatable bonds is 9. The summed E-state index contributed by atoms with van der Waals surface area (Å²) in [7, 11) is 0. The number of hydrazine groups is 1. The molecule has 2 aromatic heterocycles. The van der Waals surface area contributed by atoms with Gasteiger partial charge in [-0.3, -0.25) is 5.84 Å². The van der Waals surface area contributed by atoms with Crippen LogP contribution >= 0.6 is 0 Å². The molecule has 2 rings (SSSR count). The van der Waals surface area contributed by atoms with Gasteiger partial charge in [0.05, 0.1) is 12.2 Å². The zero-order valence-corrected chi connectivity index (χ0v) is 15.7. The van der Waals surface area contributed by atoms with E-state index in [1.165, 1.54) is 0 Å². The Balaban J connectivity index is 1.97. The number of nitrogens with zero attached hydrogens (tertiary/aromatic N) is 3. The monoisotopic (exact) mass is 357 g/mol. The second kappa shape index (κ2) is 9.00. The van der Waals surface area contributed by atoms with E-state index in [0.717, 1.165) is 17.2 Å². The smallest absolute Gasteiger partial charge is 0.224 e. The van der Waals surface area contributed by atoms with E-state index in [0.29, 0.717) is 29.9 Å². The first-order chi connectivity index (χ1) is 12.4. The van der Waals surface area contributed by atoms with E-state index in [4.69, 9.17) is 10.4 Å². The van der Waals surface area contributed by atoms with Crippen LogP contribution in [0.2, 0.25) is 0 Å². The van der Waals surface area contributed by atoms with Gasteiger partial charge in [0.25, 0.3) is 0 Å². The Morgan fingerprint density at radius 3 is 2.73 bits per heavy atom. The van der Waals surface area contributed by atoms with Crippen LogP contribution in [0.25, 0.3) is 0 Å². The zero-order valence-electron chi connectivity index (χ0n) is 15.7. The first-order valence-corrected chi connectivity index (χ1v) is 8.55. The van der Waals surface area contributed by atoms with E-state index >= 15 is 0 Å². The van der Waals surface area contributed by atoms with Crippen LogP contribution in [0.5, 0.6) is 0 Å². The number of allylic oxidation sites excluding steroid dienone is 2. The van der Waals surface area contributed by atoms with Crippen LogP contribution in [0.4, 0.5) is 11.8 Å². The third-order valence-corrected chi connectivity index (χ3v) is 3.65. The minimum atomic E-state index is 0.263. The van der Waals surface area contributed by atoms with E-state index in [9.17, 15) is 0 Å². The lowest BCUT2D eigenvalue weighted by Crippen LogP contribution is -2.24. The van der Waals surface area contributed by atoms with Gasteiger partial charge < -0.3 is 20.6 Å². The second-order valence-electron chi connectivity index (χ2n) is 6.54. The van der Waals surface area contributed by atoms with E-state index in [1.54, 1.807) is 12.3 Å². The van der Waals surface area contributed by atoms with Crippen molar-refractivity contribution in [3.8, 4) is 0 Å². The first-order valence-electron chi connectivity index (χ1n) is 8.55. The van der Waals surface area contributed by atoms with Crippen LogP contribution in [0, 0.1) is 5.92 Å². The topological polar surface area (TPSA) is 114 Å². The summed E-state index contributed by atoms with van der Waals surface area (Å²) in [5, 5.41) is 10.3. The van der Waals surface area contributed by atoms with E-state index in [2.05, 4.69) is 51.6 Å². The summed E-state index contributed by atoms with van der Waals surface area (Å²) < 4.78 is 5.30. The number of anilines is 2. The predicted molar refractivity (Wildman–Crippen MR) is 103 cm³/mol. The molecule has 0 aliphatic carbocycles. The Labute approximate surface area is 153 Å². The van der Waals surface area contributed by atoms with Crippen molar-refractivity contribution in [1.29, 1.82) is 0 Å². The van der Waals surface area contributed by atoms with Gasteiger partial charge in [-0.05, 0) is 24.0 Å². The van der Waals surface area contributed by atoms with Crippen LogP contribution in [-0.4, -0.2) is 15.1 Å². The van der Waals surface area contributed by atoms with Crippen molar-refractivity contribution in [2.45, 2.75) is 40.2 Å². The van der Waals surface area contributed by atoms with Crippen molar-refractivity contribution >= 4 is 11.8 Å². The molecule has 0 atom stereocenters. The average molecular weight is 357 g/mol. The fourth-order valence-electron chi connectivity index (χ4n) is 2.13. The van der Waals surface area contributed by atoms with Gasteiger partial charge in [-0.25, -0.2) is 4.98 Å². The summed E-state index contributed by atoms with van der Waals surface area (Å²) in [6, 6.07) is 3.69. The summed E-state index contributed by atoms with van der Waals surface area (Å²) in [5.41, 5.74) is 5.15. The van der Waals surface area contributed by atoms with Gasteiger partial charge in [0.1, 0.15) is 5.82 Å². The molecule has 26 heavy (non-hydrogen) atoms. The van der Waals surface area contributed by atoms with Gasteiger partial charge in [0.15, 0.2) is 5.76 Å². The Kier molecular flexibility index (Phi) is 6.74. The van der Waals surface area contributed by atoms with Crippen molar-refractivity contribution in [1.82, 2.24) is 20.6 Å². The largest absolute Gasteiger partial charge is 0.359 e. The molecule has 8 nitrogen and oxygen atoms in total. The lowest BCUT2D eigenvalue weighted by Gasteiger charge is -2.12. The Morgan fingerprint density at radius 1 is 1.35 bits per heavy atom. The number of hydrogen-bond acceptors (Lipinski definition) is 8. The Hall–Kier alpha value is -2.87. The highest BCUT2D eigenvalue weighted by molar-refractivity contribution is 5.47. The molecular formula is C18H27N7O. The van der Waals surface area contributed by atoms with E-state index < -0.39 is 0 Å². The minimum absolute atomic E-state index is 0.263. The fourth-order valence-corrected chi connectivity index (χ4v) is 2.13. The van der Waals surface area contributed by atoms with Gasteiger partial charge in [0, 0.05) is 23.7 Å². The SMILES string of the molecule is C=C(/C=C(\NN)C(C)C)Nc1ccnc(NCc2cc(C(C)C)no2)n1. The molecule has 0 bridgehead atoms. The van der Waals surface area contributed by atoms with Crippen LogP contribution in [-0.2, 0) is 6.54 Å². The van der Waals surface area contributed by atoms with Crippen molar-refractivity contribution in [2.24, 2.45) is 11.8 Å². The molecule has 0 fully saturated rings. The van der Waals surface area contributed by atoms with Gasteiger partial charge in [0.2, 0.25) is 5.95 Å². The number of hydrogen-bond donors (Lipinski definition) is 4. The van der Waals surface area contributed by atoms with Gasteiger partial charge >= 0.3 is 0 Å². The second-order valence-corrected chi connectivity index (χ2v) is 6.54. The molecule has 140 valence electrons. The molecular weight excluding hydrogens is 330 g/mol. The zero-order chi connectivity index (χ0) is 19.1. The Morgan fingerprint density at radius 2 is 2.12 bits per heavy atom. The van der Waals surface area contributed by atoms with Crippen molar-refractivity contribution in [3.05, 3.63) is 53.8 Å². The van der Waals surface area contributed by atoms with Crippen molar-refractivity contribution < 1.29 is 4.52 Å². The maximum atomic E-state index is 5.52. The number of aromatic nitrogens is 3. The van der Waals surface area contributed by atoms with Crippen LogP contribution in [0.15, 0.2) is 46.9 Å². The molecule has 0 saturated carbocycles. The summed E-state index contributed by atoms with van der Waals surface area (Å²) in [4.78, 5) is 8.62. The molecule has 0 aliphatic heterocycles. The molecule has 0 amide bonds. The van der Waals surface area contributed by atoms with Gasteiger partial charge in [-0.2, -0.15) is 4.98 Å². The molecule has 2 aromatic rings. The average Bonchev–Trinajstić information content (AvgIpc) is 3.07. The maximum absolute atomic E-state index is 5.52. The van der Waals surface area contributed by atoms with Gasteiger partial charge in [-0.1, -0.05) is 39.4 Å². The maximum Gasteiger partial charge on any atom is 0.224 e. The van der Waals surface area contributed by atoms with Gasteiger partial charge in [-0.15, -0.1) is 0 Å². The lowest BCUT2D eigenvalue weighted by atomic mass is 10.1. The summed E-state index contributed by atoms with van der Waals surface area (Å²) >= 11 is 0. The highest BCUT2D eigenvalue weighted by atomic mass is 16.5. The highest BCUT2D eigenvalue weighted by Gasteiger charge is 2.08. The molecule has 0 saturated heterocycles. The molecule has 2 heterocycles. The third-order valence-electron chi connectivity index (χ3n) is 3.65. The van der Waals surface area contributed by atoms with Crippen molar-refractivity contribution in [3.63, 3.8) is 0 Å². The molecule has 0 aliphatic rings. The van der Waals surface area contributed by atoms with E-state index in [1.807, 2.05) is 26.0 Å². The molecule has 0 unspecified atom stereocenters. The summed E-state index contributed by atoms with van der Waals surface area (Å²) in [6.45, 7) is 12.7. The summed E-state index contributed by atoms with van der Waals surface area (Å²) in [5.74, 6) is 7.95. The first kappa shape index (κ1) is 19.5. The molecule has 0 aromatic carbocycles.